The SMILES string of the molecule is CC1(OCC(=O)NC2(C(=O)O)CCCCC2)CNC1. The van der Waals surface area contributed by atoms with Gasteiger partial charge in [0.1, 0.15) is 12.1 Å². The number of hydrogen-bond donors (Lipinski definition) is 3. The van der Waals surface area contributed by atoms with Gasteiger partial charge in [-0.05, 0) is 19.8 Å². The first-order valence-corrected chi connectivity index (χ1v) is 6.85. The molecular formula is C13H22N2O4. The van der Waals surface area contributed by atoms with Crippen molar-refractivity contribution in [3.05, 3.63) is 0 Å². The van der Waals surface area contributed by atoms with Crippen molar-refractivity contribution < 1.29 is 19.4 Å². The predicted octanol–water partition coefficient (Wildman–Crippen LogP) is 0.269. The Kier molecular flexibility index (Phi) is 4.10. The average molecular weight is 270 g/mol. The van der Waals surface area contributed by atoms with Gasteiger partial charge >= 0.3 is 5.97 Å². The zero-order valence-electron chi connectivity index (χ0n) is 11.3. The lowest BCUT2D eigenvalue weighted by atomic mass is 9.81. The van der Waals surface area contributed by atoms with Gasteiger partial charge in [0.2, 0.25) is 5.91 Å². The molecule has 0 aromatic heterocycles. The molecule has 1 saturated heterocycles. The molecule has 0 unspecified atom stereocenters. The zero-order valence-corrected chi connectivity index (χ0v) is 11.3. The molecule has 1 aliphatic heterocycles. The van der Waals surface area contributed by atoms with E-state index in [-0.39, 0.29) is 18.1 Å². The minimum Gasteiger partial charge on any atom is -0.480 e. The van der Waals surface area contributed by atoms with Gasteiger partial charge in [0.15, 0.2) is 0 Å². The highest BCUT2D eigenvalue weighted by molar-refractivity contribution is 5.87. The zero-order chi connectivity index (χ0) is 13.9. The minimum absolute atomic E-state index is 0.0762. The Morgan fingerprint density at radius 3 is 2.37 bits per heavy atom. The van der Waals surface area contributed by atoms with E-state index in [1.165, 1.54) is 0 Å². The molecule has 1 aliphatic carbocycles. The molecule has 108 valence electrons. The fraction of sp³-hybridized carbons (Fsp3) is 0.846. The molecule has 2 rings (SSSR count). The fourth-order valence-corrected chi connectivity index (χ4v) is 2.67. The van der Waals surface area contributed by atoms with Gasteiger partial charge in [0.05, 0.1) is 5.60 Å². The van der Waals surface area contributed by atoms with Crippen molar-refractivity contribution in [3.63, 3.8) is 0 Å². The van der Waals surface area contributed by atoms with Crippen LogP contribution in [0.25, 0.3) is 0 Å². The standard InChI is InChI=1S/C13H22N2O4/c1-12(8-14-9-12)19-7-10(16)15-13(11(17)18)5-3-2-4-6-13/h14H,2-9H2,1H3,(H,15,16)(H,17,18). The number of ether oxygens (including phenoxy) is 1. The Bertz CT molecular complexity index is 360. The first kappa shape index (κ1) is 14.3. The van der Waals surface area contributed by atoms with Crippen molar-refractivity contribution in [2.75, 3.05) is 19.7 Å². The van der Waals surface area contributed by atoms with E-state index in [1.807, 2.05) is 6.92 Å². The minimum atomic E-state index is -1.09. The van der Waals surface area contributed by atoms with Crippen LogP contribution < -0.4 is 10.6 Å². The highest BCUT2D eigenvalue weighted by atomic mass is 16.5. The number of nitrogens with one attached hydrogen (secondary N) is 2. The lowest BCUT2D eigenvalue weighted by molar-refractivity contribution is -0.152. The summed E-state index contributed by atoms with van der Waals surface area (Å²) in [5.74, 6) is -1.27. The van der Waals surface area contributed by atoms with Crippen molar-refractivity contribution in [3.8, 4) is 0 Å². The van der Waals surface area contributed by atoms with Crippen LogP contribution in [0.1, 0.15) is 39.0 Å². The molecule has 0 atom stereocenters. The van der Waals surface area contributed by atoms with Crippen molar-refractivity contribution in [2.45, 2.75) is 50.2 Å². The van der Waals surface area contributed by atoms with Gasteiger partial charge in [0.25, 0.3) is 0 Å². The van der Waals surface area contributed by atoms with Gasteiger partial charge in [-0.2, -0.15) is 0 Å². The molecule has 0 bridgehead atoms. The molecule has 0 aromatic carbocycles. The average Bonchev–Trinajstić information content (AvgIpc) is 2.35. The molecule has 2 fully saturated rings. The van der Waals surface area contributed by atoms with Crippen molar-refractivity contribution in [1.29, 1.82) is 0 Å². The van der Waals surface area contributed by atoms with Crippen LogP contribution in [0.2, 0.25) is 0 Å². The third kappa shape index (κ3) is 3.25. The number of carboxylic acids is 1. The number of hydrogen-bond acceptors (Lipinski definition) is 4. The molecule has 6 heteroatoms. The largest absolute Gasteiger partial charge is 0.480 e. The van der Waals surface area contributed by atoms with Crippen molar-refractivity contribution >= 4 is 11.9 Å². The first-order chi connectivity index (χ1) is 8.96. The molecule has 0 radical (unpaired) electrons. The van der Waals surface area contributed by atoms with E-state index < -0.39 is 11.5 Å². The molecule has 0 spiro atoms. The van der Waals surface area contributed by atoms with Gasteiger partial charge in [-0.3, -0.25) is 4.79 Å². The Hall–Kier alpha value is -1.14. The number of carbonyl (C=O) groups is 2. The van der Waals surface area contributed by atoms with Crippen LogP contribution in [0, 0.1) is 0 Å². The number of amides is 1. The van der Waals surface area contributed by atoms with Gasteiger partial charge < -0.3 is 20.5 Å². The van der Waals surface area contributed by atoms with E-state index in [0.29, 0.717) is 12.8 Å². The summed E-state index contributed by atoms with van der Waals surface area (Å²) in [5.41, 5.74) is -1.38. The summed E-state index contributed by atoms with van der Waals surface area (Å²) in [4.78, 5) is 23.3. The number of carboxylic acid groups (broad SMARTS) is 1. The quantitative estimate of drug-likeness (QED) is 0.667. The Morgan fingerprint density at radius 1 is 1.26 bits per heavy atom. The molecule has 2 aliphatic rings. The summed E-state index contributed by atoms with van der Waals surface area (Å²) in [6.07, 6.45) is 3.73. The van der Waals surface area contributed by atoms with Gasteiger partial charge in [0, 0.05) is 13.1 Å². The number of rotatable bonds is 5. The van der Waals surface area contributed by atoms with E-state index in [4.69, 9.17) is 4.74 Å². The summed E-state index contributed by atoms with van der Waals surface area (Å²) >= 11 is 0. The summed E-state index contributed by atoms with van der Waals surface area (Å²) < 4.78 is 5.53. The van der Waals surface area contributed by atoms with E-state index >= 15 is 0 Å². The first-order valence-electron chi connectivity index (χ1n) is 6.85. The van der Waals surface area contributed by atoms with Crippen LogP contribution in [0.4, 0.5) is 0 Å². The van der Waals surface area contributed by atoms with Crippen LogP contribution in [0.15, 0.2) is 0 Å². The van der Waals surface area contributed by atoms with Gasteiger partial charge in [-0.15, -0.1) is 0 Å². The van der Waals surface area contributed by atoms with Crippen molar-refractivity contribution in [1.82, 2.24) is 10.6 Å². The van der Waals surface area contributed by atoms with Crippen LogP contribution >= 0.6 is 0 Å². The van der Waals surface area contributed by atoms with Crippen molar-refractivity contribution in [2.24, 2.45) is 0 Å². The van der Waals surface area contributed by atoms with Gasteiger partial charge in [-0.1, -0.05) is 19.3 Å². The third-order valence-electron chi connectivity index (χ3n) is 4.04. The monoisotopic (exact) mass is 270 g/mol. The second kappa shape index (κ2) is 5.46. The summed E-state index contributed by atoms with van der Waals surface area (Å²) in [5, 5.41) is 15.1. The van der Waals surface area contributed by atoms with Crippen LogP contribution in [-0.4, -0.2) is 47.8 Å². The maximum atomic E-state index is 11.9. The van der Waals surface area contributed by atoms with E-state index in [0.717, 1.165) is 32.4 Å². The molecule has 3 N–H and O–H groups in total. The Morgan fingerprint density at radius 2 is 1.89 bits per heavy atom. The maximum Gasteiger partial charge on any atom is 0.329 e. The summed E-state index contributed by atoms with van der Waals surface area (Å²) in [7, 11) is 0. The lowest BCUT2D eigenvalue weighted by Crippen LogP contribution is -2.61. The molecule has 6 nitrogen and oxygen atoms in total. The van der Waals surface area contributed by atoms with Crippen LogP contribution in [-0.2, 0) is 14.3 Å². The highest BCUT2D eigenvalue weighted by Crippen LogP contribution is 2.28. The highest BCUT2D eigenvalue weighted by Gasteiger charge is 2.41. The number of carbonyl (C=O) groups excluding carboxylic acids is 1. The normalized spacial score (nSPS) is 24.3. The molecule has 1 amide bonds. The topological polar surface area (TPSA) is 87.7 Å². The Labute approximate surface area is 112 Å². The second-order valence-electron chi connectivity index (χ2n) is 5.84. The molecule has 1 heterocycles. The van der Waals surface area contributed by atoms with Crippen LogP contribution in [0.5, 0.6) is 0 Å². The van der Waals surface area contributed by atoms with E-state index in [9.17, 15) is 14.7 Å². The fourth-order valence-electron chi connectivity index (χ4n) is 2.67. The molecular weight excluding hydrogens is 248 g/mol. The lowest BCUT2D eigenvalue weighted by Gasteiger charge is -2.39. The predicted molar refractivity (Wildman–Crippen MR) is 68.8 cm³/mol. The van der Waals surface area contributed by atoms with Gasteiger partial charge in [-0.25, -0.2) is 4.79 Å². The summed E-state index contributed by atoms with van der Waals surface area (Å²) in [6, 6.07) is 0. The van der Waals surface area contributed by atoms with Crippen LogP contribution in [0.3, 0.4) is 0 Å². The van der Waals surface area contributed by atoms with E-state index in [1.54, 1.807) is 0 Å². The number of aliphatic carboxylic acids is 1. The second-order valence-corrected chi connectivity index (χ2v) is 5.84. The molecule has 19 heavy (non-hydrogen) atoms. The molecule has 0 aromatic rings. The third-order valence-corrected chi connectivity index (χ3v) is 4.04. The maximum absolute atomic E-state index is 11.9. The molecule has 1 saturated carbocycles. The Balaban J connectivity index is 1.86. The summed E-state index contributed by atoms with van der Waals surface area (Å²) in [6.45, 7) is 3.31. The smallest absolute Gasteiger partial charge is 0.329 e. The van der Waals surface area contributed by atoms with E-state index in [2.05, 4.69) is 10.6 Å².